The monoisotopic (exact) mass is 631 g/mol. The number of nitro groups is 1. The molecule has 3 aromatic rings. The number of nitro benzene ring substituents is 1. The topological polar surface area (TPSA) is 142 Å². The highest BCUT2D eigenvalue weighted by atomic mass is 79.9. The van der Waals surface area contributed by atoms with Crippen LogP contribution in [0, 0.1) is 10.1 Å². The second kappa shape index (κ2) is 12.0. The van der Waals surface area contributed by atoms with Crippen molar-refractivity contribution in [2.45, 2.75) is 32.7 Å². The van der Waals surface area contributed by atoms with Crippen LogP contribution in [0.25, 0.3) is 6.08 Å². The first-order valence-corrected chi connectivity index (χ1v) is 13.9. The number of aromatic nitrogens is 1. The molecule has 0 bridgehead atoms. The summed E-state index contributed by atoms with van der Waals surface area (Å²) in [7, 11) is 2.99. The molecule has 0 unspecified atom stereocenters. The average Bonchev–Trinajstić information content (AvgIpc) is 3.24. The maximum atomic E-state index is 14.0. The highest BCUT2D eigenvalue weighted by Crippen LogP contribution is 2.39. The van der Waals surface area contributed by atoms with Crippen molar-refractivity contribution < 1.29 is 29.0 Å². The molecule has 0 aliphatic carbocycles. The molecular formula is C27H26BrN3O8S. The molecule has 1 atom stereocenters. The van der Waals surface area contributed by atoms with Crippen molar-refractivity contribution in [2.24, 2.45) is 4.99 Å². The lowest BCUT2D eigenvalue weighted by molar-refractivity contribution is -0.385. The van der Waals surface area contributed by atoms with Gasteiger partial charge in [0, 0.05) is 23.3 Å². The van der Waals surface area contributed by atoms with E-state index in [2.05, 4.69) is 15.9 Å². The van der Waals surface area contributed by atoms with E-state index in [-0.39, 0.29) is 38.2 Å². The van der Waals surface area contributed by atoms with Gasteiger partial charge in [0.15, 0.2) is 4.80 Å². The van der Waals surface area contributed by atoms with Crippen LogP contribution in [-0.2, 0) is 9.53 Å². The summed E-state index contributed by atoms with van der Waals surface area (Å²) in [6.07, 6.45) is 2.49. The number of esters is 1. The van der Waals surface area contributed by atoms with Crippen molar-refractivity contribution in [1.29, 1.82) is 0 Å². The van der Waals surface area contributed by atoms with E-state index < -0.39 is 22.5 Å². The number of thiazole rings is 1. The Morgan fingerprint density at radius 2 is 2.00 bits per heavy atom. The van der Waals surface area contributed by atoms with Crippen LogP contribution in [0.1, 0.15) is 43.9 Å². The number of methoxy groups -OCH3 is 2. The number of carbonyl (C=O) groups is 1. The third-order valence-electron chi connectivity index (χ3n) is 6.20. The second-order valence-electron chi connectivity index (χ2n) is 8.64. The molecule has 0 saturated carbocycles. The predicted molar refractivity (Wildman–Crippen MR) is 152 cm³/mol. The summed E-state index contributed by atoms with van der Waals surface area (Å²) >= 11 is 4.17. The highest BCUT2D eigenvalue weighted by molar-refractivity contribution is 9.10. The summed E-state index contributed by atoms with van der Waals surface area (Å²) in [5.74, 6) is 0.0298. The predicted octanol–water partition coefficient (Wildman–Crippen LogP) is 3.97. The van der Waals surface area contributed by atoms with E-state index in [0.717, 1.165) is 11.3 Å². The van der Waals surface area contributed by atoms with E-state index in [1.165, 1.54) is 37.0 Å². The third-order valence-corrected chi connectivity index (χ3v) is 7.79. The lowest BCUT2D eigenvalue weighted by atomic mass is 9.93. The first-order valence-electron chi connectivity index (χ1n) is 12.3. The van der Waals surface area contributed by atoms with Crippen molar-refractivity contribution in [3.05, 3.63) is 87.0 Å². The number of allylic oxidation sites excluding steroid dienone is 1. The number of ether oxygens (including phenoxy) is 3. The van der Waals surface area contributed by atoms with Gasteiger partial charge in [-0.25, -0.2) is 9.79 Å². The largest absolute Gasteiger partial charge is 0.506 e. The smallest absolute Gasteiger partial charge is 0.338 e. The van der Waals surface area contributed by atoms with Crippen molar-refractivity contribution in [3.8, 4) is 17.2 Å². The van der Waals surface area contributed by atoms with Crippen LogP contribution in [0.2, 0.25) is 0 Å². The van der Waals surface area contributed by atoms with E-state index >= 15 is 0 Å². The minimum Gasteiger partial charge on any atom is -0.506 e. The Kier molecular flexibility index (Phi) is 8.74. The zero-order valence-electron chi connectivity index (χ0n) is 22.1. The molecule has 0 amide bonds. The van der Waals surface area contributed by atoms with Crippen LogP contribution in [0.15, 0.2) is 55.9 Å². The van der Waals surface area contributed by atoms with E-state index in [1.807, 2.05) is 6.92 Å². The molecule has 2 heterocycles. The van der Waals surface area contributed by atoms with E-state index in [1.54, 1.807) is 25.1 Å². The van der Waals surface area contributed by atoms with Gasteiger partial charge in [0.2, 0.25) is 0 Å². The van der Waals surface area contributed by atoms with Crippen LogP contribution >= 0.6 is 27.3 Å². The van der Waals surface area contributed by atoms with E-state index in [4.69, 9.17) is 19.2 Å². The standard InChI is InChI=1S/C27H26BrN3O8S/c1-5-7-19-22(26(34)39-6-2)23(17-13-16(37-3)8-9-20(17)38-4)30-25(33)21(40-27(30)29-19)11-14-10-15(31(35)36)12-18(28)24(14)32/h8-13,23,32H,5-7H2,1-4H3/b21-11-/t23-/m0/s1. The van der Waals surface area contributed by atoms with Crippen molar-refractivity contribution >= 4 is 45.0 Å². The fraction of sp³-hybridized carbons (Fsp3) is 0.296. The summed E-state index contributed by atoms with van der Waals surface area (Å²) < 4.78 is 18.1. The van der Waals surface area contributed by atoms with Crippen molar-refractivity contribution in [2.75, 3.05) is 20.8 Å². The average molecular weight is 632 g/mol. The molecule has 11 nitrogen and oxygen atoms in total. The number of aromatic hydroxyl groups is 1. The summed E-state index contributed by atoms with van der Waals surface area (Å²) in [4.78, 5) is 43.2. The molecule has 40 heavy (non-hydrogen) atoms. The Bertz CT molecular complexity index is 1710. The molecule has 1 aromatic heterocycles. The van der Waals surface area contributed by atoms with E-state index in [0.29, 0.717) is 40.4 Å². The zero-order valence-corrected chi connectivity index (χ0v) is 24.5. The van der Waals surface area contributed by atoms with Crippen LogP contribution in [-0.4, -0.2) is 41.4 Å². The summed E-state index contributed by atoms with van der Waals surface area (Å²) in [6.45, 7) is 3.76. The molecule has 4 rings (SSSR count). The Hall–Kier alpha value is -3.97. The molecule has 1 aliphatic heterocycles. The van der Waals surface area contributed by atoms with Gasteiger partial charge in [-0.2, -0.15) is 0 Å². The van der Waals surface area contributed by atoms with Gasteiger partial charge in [-0.1, -0.05) is 24.7 Å². The highest BCUT2D eigenvalue weighted by Gasteiger charge is 2.36. The third kappa shape index (κ3) is 5.39. The maximum absolute atomic E-state index is 14.0. The Morgan fingerprint density at radius 3 is 2.62 bits per heavy atom. The lowest BCUT2D eigenvalue weighted by Gasteiger charge is -2.27. The van der Waals surface area contributed by atoms with Gasteiger partial charge in [0.05, 0.1) is 46.0 Å². The first kappa shape index (κ1) is 29.0. The van der Waals surface area contributed by atoms with Crippen molar-refractivity contribution in [3.63, 3.8) is 0 Å². The van der Waals surface area contributed by atoms with Crippen LogP contribution in [0.3, 0.4) is 0 Å². The zero-order chi connectivity index (χ0) is 29.1. The number of hydrogen-bond acceptors (Lipinski definition) is 10. The summed E-state index contributed by atoms with van der Waals surface area (Å²) in [6, 6.07) is 6.47. The number of phenols is 1. The number of non-ortho nitro benzene ring substituents is 1. The number of rotatable bonds is 9. The molecule has 1 aliphatic rings. The molecule has 1 N–H and O–H groups in total. The number of benzene rings is 2. The number of nitrogens with zero attached hydrogens (tertiary/aromatic N) is 3. The van der Waals surface area contributed by atoms with Gasteiger partial charge in [-0.05, 0) is 53.5 Å². The molecule has 0 spiro atoms. The van der Waals surface area contributed by atoms with Gasteiger partial charge in [-0.15, -0.1) is 0 Å². The maximum Gasteiger partial charge on any atom is 0.338 e. The normalized spacial score (nSPS) is 14.9. The quantitative estimate of drug-likeness (QED) is 0.212. The lowest BCUT2D eigenvalue weighted by Crippen LogP contribution is -2.40. The summed E-state index contributed by atoms with van der Waals surface area (Å²) in [5.41, 5.74) is 0.456. The van der Waals surface area contributed by atoms with Gasteiger partial charge in [0.1, 0.15) is 23.3 Å². The Morgan fingerprint density at radius 1 is 1.25 bits per heavy atom. The molecule has 0 radical (unpaired) electrons. The van der Waals surface area contributed by atoms with Crippen LogP contribution in [0.4, 0.5) is 5.69 Å². The fourth-order valence-electron chi connectivity index (χ4n) is 4.43. The molecule has 13 heteroatoms. The van der Waals surface area contributed by atoms with Gasteiger partial charge < -0.3 is 19.3 Å². The van der Waals surface area contributed by atoms with Crippen LogP contribution in [0.5, 0.6) is 17.2 Å². The fourth-order valence-corrected chi connectivity index (χ4v) is 5.90. The van der Waals surface area contributed by atoms with Crippen LogP contribution < -0.4 is 24.4 Å². The first-order chi connectivity index (χ1) is 19.1. The van der Waals surface area contributed by atoms with Gasteiger partial charge in [-0.3, -0.25) is 19.5 Å². The Labute approximate surface area is 240 Å². The number of hydrogen-bond donors (Lipinski definition) is 1. The Balaban J connectivity index is 2.08. The molecular weight excluding hydrogens is 606 g/mol. The van der Waals surface area contributed by atoms with E-state index in [9.17, 15) is 24.8 Å². The van der Waals surface area contributed by atoms with Gasteiger partial charge >= 0.3 is 5.97 Å². The number of phenolic OH excluding ortho intramolecular Hbond substituents is 1. The minimum atomic E-state index is -0.963. The SMILES string of the molecule is CCCC1=C(C(=O)OCC)[C@H](c2cc(OC)ccc2OC)n2c(s/c(=C\c3cc([N+](=O)[O-])cc(Br)c3O)c2=O)=N1. The molecule has 210 valence electrons. The second-order valence-corrected chi connectivity index (χ2v) is 10.5. The number of fused-ring (bicyclic) bond motifs is 1. The molecule has 2 aromatic carbocycles. The minimum absolute atomic E-state index is 0.0697. The van der Waals surface area contributed by atoms with Gasteiger partial charge in [0.25, 0.3) is 11.2 Å². The summed E-state index contributed by atoms with van der Waals surface area (Å²) in [5, 5.41) is 22.0. The number of carbonyl (C=O) groups excluding carboxylic acids is 1. The molecule has 0 saturated heterocycles. The molecule has 0 fully saturated rings. The number of halogens is 1. The van der Waals surface area contributed by atoms with Crippen molar-refractivity contribution in [1.82, 2.24) is 4.57 Å².